The molecule has 1 saturated carbocycles. The van der Waals surface area contributed by atoms with Gasteiger partial charge >= 0.3 is 6.09 Å². The molecule has 2 N–H and O–H groups in total. The van der Waals surface area contributed by atoms with Crippen LogP contribution >= 0.6 is 0 Å². The minimum absolute atomic E-state index is 0.105. The highest BCUT2D eigenvalue weighted by molar-refractivity contribution is 6.06. The summed E-state index contributed by atoms with van der Waals surface area (Å²) < 4.78 is 5.44. The van der Waals surface area contributed by atoms with Crippen LogP contribution < -0.4 is 5.32 Å². The highest BCUT2D eigenvalue weighted by atomic mass is 16.6. The molecule has 1 aliphatic heterocycles. The molecule has 1 spiro atoms. The maximum Gasteiger partial charge on any atom is 0.410 e. The summed E-state index contributed by atoms with van der Waals surface area (Å²) in [5.74, 6) is 0.0295. The lowest BCUT2D eigenvalue weighted by atomic mass is 9.90. The molecule has 1 aromatic heterocycles. The van der Waals surface area contributed by atoms with Gasteiger partial charge in [-0.15, -0.1) is 0 Å². The van der Waals surface area contributed by atoms with Crippen molar-refractivity contribution in [1.29, 1.82) is 0 Å². The molecule has 3 aliphatic rings. The Morgan fingerprint density at radius 1 is 1.22 bits per heavy atom. The summed E-state index contributed by atoms with van der Waals surface area (Å²) in [6.45, 7) is 6.54. The van der Waals surface area contributed by atoms with Crippen molar-refractivity contribution in [3.05, 3.63) is 35.0 Å². The zero-order valence-corrected chi connectivity index (χ0v) is 19.0. The molecule has 7 heteroatoms. The quantitative estimate of drug-likeness (QED) is 0.733. The van der Waals surface area contributed by atoms with Crippen molar-refractivity contribution in [1.82, 2.24) is 15.2 Å². The second-order valence-electron chi connectivity index (χ2n) is 10.6. The third kappa shape index (κ3) is 3.78. The lowest BCUT2D eigenvalue weighted by Gasteiger charge is -2.24. The number of ketones is 1. The highest BCUT2D eigenvalue weighted by Gasteiger charge is 2.48. The van der Waals surface area contributed by atoms with E-state index in [1.807, 2.05) is 32.9 Å². The van der Waals surface area contributed by atoms with Crippen LogP contribution in [0, 0.1) is 0 Å². The second kappa shape index (κ2) is 7.36. The Hall–Kier alpha value is -2.83. The van der Waals surface area contributed by atoms with E-state index in [9.17, 15) is 14.4 Å². The monoisotopic (exact) mass is 437 g/mol. The number of likely N-dealkylation sites (tertiary alicyclic amines) is 1. The van der Waals surface area contributed by atoms with Crippen molar-refractivity contribution < 1.29 is 19.1 Å². The van der Waals surface area contributed by atoms with E-state index in [4.69, 9.17) is 4.74 Å². The third-order valence-electron chi connectivity index (χ3n) is 6.96. The number of carbonyl (C=O) groups excluding carboxylic acids is 3. The van der Waals surface area contributed by atoms with Crippen LogP contribution in [0.15, 0.2) is 18.2 Å². The molecule has 170 valence electrons. The van der Waals surface area contributed by atoms with E-state index in [0.717, 1.165) is 47.8 Å². The van der Waals surface area contributed by atoms with Crippen molar-refractivity contribution in [2.24, 2.45) is 0 Å². The van der Waals surface area contributed by atoms with E-state index >= 15 is 0 Å². The van der Waals surface area contributed by atoms with Crippen LogP contribution in [0.4, 0.5) is 4.79 Å². The Labute approximate surface area is 187 Å². The summed E-state index contributed by atoms with van der Waals surface area (Å²) in [5.41, 5.74) is 2.95. The summed E-state index contributed by atoms with van der Waals surface area (Å²) >= 11 is 0. The molecule has 2 amide bonds. The van der Waals surface area contributed by atoms with E-state index in [1.54, 1.807) is 11.0 Å². The van der Waals surface area contributed by atoms with Crippen molar-refractivity contribution in [2.75, 3.05) is 13.1 Å². The third-order valence-corrected chi connectivity index (χ3v) is 6.96. The molecule has 2 heterocycles. The molecular weight excluding hydrogens is 406 g/mol. The average Bonchev–Trinajstić information content (AvgIpc) is 3.20. The van der Waals surface area contributed by atoms with E-state index in [-0.39, 0.29) is 29.2 Å². The number of hydrogen-bond acceptors (Lipinski definition) is 4. The van der Waals surface area contributed by atoms with Crippen LogP contribution in [0.3, 0.4) is 0 Å². The molecule has 2 fully saturated rings. The molecule has 1 atom stereocenters. The number of fused-ring (bicyclic) bond motifs is 4. The lowest BCUT2D eigenvalue weighted by molar-refractivity contribution is 0.0290. The number of H-pyrrole nitrogens is 1. The lowest BCUT2D eigenvalue weighted by Crippen LogP contribution is -2.40. The summed E-state index contributed by atoms with van der Waals surface area (Å²) in [6.07, 6.45) is 5.13. The topological polar surface area (TPSA) is 91.5 Å². The minimum Gasteiger partial charge on any atom is -0.444 e. The number of carbonyl (C=O) groups is 3. The molecule has 1 aromatic carbocycles. The predicted molar refractivity (Wildman–Crippen MR) is 121 cm³/mol. The number of aromatic nitrogens is 1. The van der Waals surface area contributed by atoms with Gasteiger partial charge in [0.1, 0.15) is 5.60 Å². The maximum atomic E-state index is 13.0. The number of benzene rings is 1. The molecule has 1 unspecified atom stereocenters. The number of rotatable bonds is 2. The number of ether oxygens (including phenoxy) is 1. The fourth-order valence-electron chi connectivity index (χ4n) is 5.22. The van der Waals surface area contributed by atoms with Crippen LogP contribution in [0.1, 0.15) is 85.7 Å². The maximum absolute atomic E-state index is 13.0. The molecule has 2 aromatic rings. The van der Waals surface area contributed by atoms with Gasteiger partial charge in [-0.2, -0.15) is 0 Å². The van der Waals surface area contributed by atoms with E-state index in [2.05, 4.69) is 10.3 Å². The zero-order valence-electron chi connectivity index (χ0n) is 19.0. The van der Waals surface area contributed by atoms with Gasteiger partial charge in [-0.3, -0.25) is 9.59 Å². The van der Waals surface area contributed by atoms with E-state index < -0.39 is 5.60 Å². The van der Waals surface area contributed by atoms with Crippen LogP contribution in [0.25, 0.3) is 10.9 Å². The molecule has 0 bridgehead atoms. The molecule has 0 radical (unpaired) electrons. The van der Waals surface area contributed by atoms with Gasteiger partial charge in [0.2, 0.25) is 0 Å². The Kier molecular flexibility index (Phi) is 4.84. The first-order chi connectivity index (χ1) is 15.2. The summed E-state index contributed by atoms with van der Waals surface area (Å²) in [6, 6.07) is 5.53. The van der Waals surface area contributed by atoms with E-state index in [0.29, 0.717) is 31.5 Å². The summed E-state index contributed by atoms with van der Waals surface area (Å²) in [5, 5.41) is 4.07. The van der Waals surface area contributed by atoms with E-state index in [1.165, 1.54) is 0 Å². The Bertz CT molecular complexity index is 1110. The number of Topliss-reactive ketones (excluding diaryl/α,β-unsaturated/α-hetero) is 1. The second-order valence-corrected chi connectivity index (χ2v) is 10.6. The number of amides is 2. The first-order valence-electron chi connectivity index (χ1n) is 11.6. The average molecular weight is 438 g/mol. The Balaban J connectivity index is 1.34. The normalized spacial score (nSPS) is 22.0. The molecule has 32 heavy (non-hydrogen) atoms. The SMILES string of the molecule is CC(C)(C)OC(=O)N1CCC(NC(=O)c2ccc3[nH]c4c(c3c2)C2(CCCC4=O)CC2)C1. The Morgan fingerprint density at radius 3 is 2.72 bits per heavy atom. The predicted octanol–water partition coefficient (Wildman–Crippen LogP) is 4.31. The van der Waals surface area contributed by atoms with Crippen LogP contribution in [0.5, 0.6) is 0 Å². The highest BCUT2D eigenvalue weighted by Crippen LogP contribution is 2.56. The number of hydrogen-bond donors (Lipinski definition) is 2. The van der Waals surface area contributed by atoms with Gasteiger partial charge in [-0.05, 0) is 82.1 Å². The van der Waals surface area contributed by atoms with Crippen molar-refractivity contribution >= 4 is 28.7 Å². The fraction of sp³-hybridized carbons (Fsp3) is 0.560. The van der Waals surface area contributed by atoms with Gasteiger partial charge in [0.25, 0.3) is 5.91 Å². The van der Waals surface area contributed by atoms with Gasteiger partial charge in [0.05, 0.1) is 5.69 Å². The van der Waals surface area contributed by atoms with Gasteiger partial charge in [-0.1, -0.05) is 0 Å². The first kappa shape index (κ1) is 21.0. The molecule has 7 nitrogen and oxygen atoms in total. The molecule has 1 saturated heterocycles. The van der Waals surface area contributed by atoms with Gasteiger partial charge < -0.3 is 19.9 Å². The standard InChI is InChI=1S/C25H31N3O4/c1-24(2,3)32-23(31)28-12-8-16(14-28)26-22(30)15-6-7-18-17(13-15)20-21(27-18)19(29)5-4-9-25(20)10-11-25/h6-7,13,16,27H,4-5,8-12,14H2,1-3H3,(H,26,30). The number of nitrogens with zero attached hydrogens (tertiary/aromatic N) is 1. The number of aromatic amines is 1. The zero-order chi connectivity index (χ0) is 22.7. The van der Waals surface area contributed by atoms with Crippen LogP contribution in [-0.2, 0) is 10.2 Å². The van der Waals surface area contributed by atoms with Gasteiger partial charge in [0, 0.05) is 42.0 Å². The molecular formula is C25H31N3O4. The van der Waals surface area contributed by atoms with Gasteiger partial charge in [-0.25, -0.2) is 4.79 Å². The van der Waals surface area contributed by atoms with Crippen molar-refractivity contribution in [3.63, 3.8) is 0 Å². The summed E-state index contributed by atoms with van der Waals surface area (Å²) in [7, 11) is 0. The Morgan fingerprint density at radius 2 is 2.00 bits per heavy atom. The summed E-state index contributed by atoms with van der Waals surface area (Å²) in [4.78, 5) is 43.0. The fourth-order valence-corrected chi connectivity index (χ4v) is 5.22. The molecule has 5 rings (SSSR count). The van der Waals surface area contributed by atoms with Crippen molar-refractivity contribution in [2.45, 2.75) is 76.4 Å². The van der Waals surface area contributed by atoms with Crippen LogP contribution in [-0.4, -0.2) is 52.4 Å². The van der Waals surface area contributed by atoms with Crippen molar-refractivity contribution in [3.8, 4) is 0 Å². The smallest absolute Gasteiger partial charge is 0.410 e. The van der Waals surface area contributed by atoms with Crippen LogP contribution in [0.2, 0.25) is 0 Å². The number of nitrogens with one attached hydrogen (secondary N) is 2. The van der Waals surface area contributed by atoms with Gasteiger partial charge in [0.15, 0.2) is 5.78 Å². The largest absolute Gasteiger partial charge is 0.444 e. The minimum atomic E-state index is -0.539. The molecule has 2 aliphatic carbocycles. The first-order valence-corrected chi connectivity index (χ1v) is 11.6.